The fourth-order valence-electron chi connectivity index (χ4n) is 13.1. The molecule has 4 aliphatic heterocycles. The lowest BCUT2D eigenvalue weighted by atomic mass is 9.99. The molecular formula is C59H75BrCl3N13O9S3. The second-order valence-corrected chi connectivity index (χ2v) is 29.7. The Bertz CT molecular complexity index is 4010. The van der Waals surface area contributed by atoms with Crippen molar-refractivity contribution in [1.29, 1.82) is 0 Å². The molecule has 0 saturated carbocycles. The number of nitrogens with zero attached hydrogens (tertiary/aromatic N) is 8. The number of aryl methyl sites for hydroxylation is 8. The van der Waals surface area contributed by atoms with Crippen molar-refractivity contribution >= 4 is 98.3 Å². The van der Waals surface area contributed by atoms with E-state index in [1.807, 2.05) is 6.20 Å². The Balaban J connectivity index is 0.000000137. The Labute approximate surface area is 537 Å². The molecule has 15 rings (SSSR count). The van der Waals surface area contributed by atoms with E-state index in [0.29, 0.717) is 35.8 Å². The van der Waals surface area contributed by atoms with Crippen molar-refractivity contribution in [2.24, 2.45) is 5.14 Å². The summed E-state index contributed by atoms with van der Waals surface area (Å²) in [6.07, 6.45) is 31.2. The largest absolute Gasteiger partial charge is 0.412 e. The first-order chi connectivity index (χ1) is 41.2. The van der Waals surface area contributed by atoms with Crippen molar-refractivity contribution in [2.75, 3.05) is 11.1 Å². The molecule has 0 fully saturated rings. The smallest absolute Gasteiger partial charge is 0.342 e. The number of carbonyl (C=O) groups excluding carboxylic acids is 1. The highest BCUT2D eigenvalue weighted by Crippen LogP contribution is 2.41. The van der Waals surface area contributed by atoms with E-state index in [1.165, 1.54) is 143 Å². The third-order valence-corrected chi connectivity index (χ3v) is 22.3. The molecular weight excluding hydrogens is 1320 g/mol. The number of nitrogens with one attached hydrogen (secondary N) is 2. The number of benzene rings is 3. The molecule has 7 aromatic rings. The van der Waals surface area contributed by atoms with Crippen LogP contribution in [0.2, 0.25) is 15.1 Å². The molecule has 2 amide bonds. The maximum absolute atomic E-state index is 12.8. The number of nitrogens with two attached hydrogens (primary N) is 2. The maximum atomic E-state index is 12.8. The predicted octanol–water partition coefficient (Wildman–Crippen LogP) is 10.1. The zero-order valence-corrected chi connectivity index (χ0v) is 55.2. The lowest BCUT2D eigenvalue weighted by Gasteiger charge is -2.17. The molecule has 11 N–H and O–H groups in total. The van der Waals surface area contributed by atoms with E-state index in [1.54, 1.807) is 14.0 Å². The molecule has 0 bridgehead atoms. The van der Waals surface area contributed by atoms with Crippen LogP contribution in [0.3, 0.4) is 0 Å². The summed E-state index contributed by atoms with van der Waals surface area (Å²) in [6, 6.07) is 6.75. The van der Waals surface area contributed by atoms with Crippen molar-refractivity contribution in [3.05, 3.63) is 136 Å². The number of rotatable bonds is 7. The van der Waals surface area contributed by atoms with Crippen LogP contribution in [0.4, 0.5) is 16.2 Å². The summed E-state index contributed by atoms with van der Waals surface area (Å²) in [6.45, 7) is 3.32. The van der Waals surface area contributed by atoms with Gasteiger partial charge in [-0.2, -0.15) is 28.8 Å². The van der Waals surface area contributed by atoms with Gasteiger partial charge >= 0.3 is 16.1 Å². The summed E-state index contributed by atoms with van der Waals surface area (Å²) in [5.74, 6) is -0.136. The average Bonchev–Trinajstić information content (AvgIpc) is 3.81. The highest BCUT2D eigenvalue weighted by molar-refractivity contribution is 9.10. The first kappa shape index (κ1) is 66.9. The number of anilines is 2. The van der Waals surface area contributed by atoms with Gasteiger partial charge in [0.1, 0.15) is 14.7 Å². The molecule has 22 nitrogen and oxygen atoms in total. The second-order valence-electron chi connectivity index (χ2n) is 22.9. The molecule has 476 valence electrons. The van der Waals surface area contributed by atoms with Crippen LogP contribution in [0.1, 0.15) is 144 Å². The van der Waals surface area contributed by atoms with E-state index in [4.69, 9.17) is 49.9 Å². The standard InChI is InChI=1S/C20H24N4O3S.C13H11Cl3N2O3S.C12H15N.C7H9BrN2.C7H11N3O2S.H3N.H2O/c25-20(23-28(26,27)18-12-21-24-10-2-1-9-17(18)24)22-19-15-7-3-5-13(15)11-14-6-4-8-16(14)19;14-8-5-9(15)13(10(16)6-8)21-22(19,20)12-7-17-18-4-2-1-3-11(12)18;13-12-10-5-1-3-8(10)7-9-4-2-6-11(9)12;8-6-5-9-10-4-2-1-3-7(6)10;8-13(11,12)7-5-9-10-4-2-1-3-6(7)10;;/h11-12H,1-10H2,(H2,22,23,25);5-7H,1-4H2;7H,1-6,13H2;5H,1-4H2;5H,1-4H2,(H2,8,11,12);1H3;1H2. The Morgan fingerprint density at radius 3 is 1.36 bits per heavy atom. The van der Waals surface area contributed by atoms with Gasteiger partial charge in [-0.15, -0.1) is 0 Å². The summed E-state index contributed by atoms with van der Waals surface area (Å²) >= 11 is 21.2. The van der Waals surface area contributed by atoms with Crippen LogP contribution >= 0.6 is 50.7 Å². The molecule has 4 aromatic heterocycles. The zero-order chi connectivity index (χ0) is 60.5. The minimum atomic E-state index is -4.06. The zero-order valence-electron chi connectivity index (χ0n) is 48.9. The molecule has 8 heterocycles. The van der Waals surface area contributed by atoms with Crippen LogP contribution in [0, 0.1) is 0 Å². The normalized spacial score (nSPS) is 16.5. The molecule has 0 saturated heterocycles. The Kier molecular flexibility index (Phi) is 21.5. The van der Waals surface area contributed by atoms with Crippen LogP contribution in [0.5, 0.6) is 5.75 Å². The van der Waals surface area contributed by atoms with E-state index in [2.05, 4.69) is 63.2 Å². The van der Waals surface area contributed by atoms with E-state index >= 15 is 0 Å². The maximum Gasteiger partial charge on any atom is 0.342 e. The molecule has 88 heavy (non-hydrogen) atoms. The van der Waals surface area contributed by atoms with E-state index in [-0.39, 0.29) is 42.1 Å². The highest BCUT2D eigenvalue weighted by Gasteiger charge is 2.32. The Morgan fingerprint density at radius 1 is 0.511 bits per heavy atom. The van der Waals surface area contributed by atoms with Gasteiger partial charge in [0.25, 0.3) is 10.0 Å². The minimum absolute atomic E-state index is 0. The number of fused-ring (bicyclic) bond motifs is 8. The number of hydrogen-bond acceptors (Lipinski definition) is 14. The topological polar surface area (TPSA) is 343 Å². The van der Waals surface area contributed by atoms with Crippen molar-refractivity contribution in [3.8, 4) is 5.75 Å². The molecule has 0 atom stereocenters. The number of amides is 2. The Morgan fingerprint density at radius 2 is 0.898 bits per heavy atom. The SMILES string of the molecule is Brc1cnn2c1CCCC2.N.NS(=O)(=O)c1cnn2c1CCCC2.Nc1c2c(cc3c1CCC3)CCC2.O.O=C(Nc1c2c(cc3c1CCC3)CCC2)NS(=O)(=O)c1cnn2c1CCCC2.O=S(=O)(Oc1c(Cl)cc(Cl)cc1Cl)c1cnn2c1CCCC2. The molecule has 8 aliphatic rings. The van der Waals surface area contributed by atoms with Gasteiger partial charge in [-0.1, -0.05) is 46.9 Å². The van der Waals surface area contributed by atoms with E-state index in [9.17, 15) is 30.0 Å². The predicted molar refractivity (Wildman–Crippen MR) is 342 cm³/mol. The van der Waals surface area contributed by atoms with Crippen LogP contribution in [0.15, 0.2) is 68.2 Å². The van der Waals surface area contributed by atoms with Crippen LogP contribution in [-0.2, 0) is 133 Å². The number of nitrogen functional groups attached to an aromatic ring is 1. The lowest BCUT2D eigenvalue weighted by Crippen LogP contribution is -2.35. The van der Waals surface area contributed by atoms with E-state index < -0.39 is 36.2 Å². The molecule has 29 heteroatoms. The monoisotopic (exact) mass is 1390 g/mol. The number of hydrogen-bond donors (Lipinski definition) is 5. The highest BCUT2D eigenvalue weighted by atomic mass is 79.9. The fraction of sp³-hybridized carbons (Fsp3) is 0.475. The van der Waals surface area contributed by atoms with E-state index in [0.717, 1.165) is 120 Å². The van der Waals surface area contributed by atoms with Crippen molar-refractivity contribution in [1.82, 2.24) is 50.0 Å². The first-order valence-corrected chi connectivity index (χ1v) is 36.0. The van der Waals surface area contributed by atoms with Gasteiger partial charge in [-0.05, 0) is 227 Å². The van der Waals surface area contributed by atoms with Gasteiger partial charge in [0, 0.05) is 42.6 Å². The quantitative estimate of drug-likeness (QED) is 0.0732. The van der Waals surface area contributed by atoms with Crippen LogP contribution in [0.25, 0.3) is 0 Å². The number of carbonyl (C=O) groups is 1. The summed E-state index contributed by atoms with van der Waals surface area (Å²) in [7, 11) is -11.6. The van der Waals surface area contributed by atoms with Gasteiger partial charge in [0.2, 0.25) is 10.0 Å². The lowest BCUT2D eigenvalue weighted by molar-refractivity contribution is 0.256. The molecule has 0 unspecified atom stereocenters. The van der Waals surface area contributed by atoms with Gasteiger partial charge in [0.15, 0.2) is 5.75 Å². The van der Waals surface area contributed by atoms with Crippen LogP contribution in [-0.4, -0.2) is 75.9 Å². The number of aromatic nitrogens is 8. The van der Waals surface area contributed by atoms with Crippen molar-refractivity contribution < 1.29 is 39.7 Å². The van der Waals surface area contributed by atoms with Gasteiger partial charge in [0.05, 0.1) is 62.1 Å². The third-order valence-electron chi connectivity index (χ3n) is 17.2. The number of urea groups is 1. The number of primary sulfonamides is 1. The minimum Gasteiger partial charge on any atom is -0.412 e. The summed E-state index contributed by atoms with van der Waals surface area (Å²) < 4.78 is 88.5. The number of halogens is 4. The van der Waals surface area contributed by atoms with Crippen molar-refractivity contribution in [3.63, 3.8) is 0 Å². The van der Waals surface area contributed by atoms with Gasteiger partial charge in [-0.3, -0.25) is 18.7 Å². The summed E-state index contributed by atoms with van der Waals surface area (Å²) in [5.41, 5.74) is 22.6. The fourth-order valence-corrected chi connectivity index (χ4v) is 17.6. The van der Waals surface area contributed by atoms with Gasteiger partial charge in [-0.25, -0.2) is 31.5 Å². The van der Waals surface area contributed by atoms with Crippen molar-refractivity contribution in [2.45, 2.75) is 195 Å². The number of sulfonamides is 2. The molecule has 3 aromatic carbocycles. The first-order valence-electron chi connectivity index (χ1n) is 29.6. The van der Waals surface area contributed by atoms with Gasteiger partial charge < -0.3 is 26.9 Å². The molecule has 4 aliphatic carbocycles. The molecule has 0 spiro atoms. The molecule has 0 radical (unpaired) electrons. The summed E-state index contributed by atoms with van der Waals surface area (Å²) in [5, 5.41) is 24.8. The van der Waals surface area contributed by atoms with Crippen LogP contribution < -0.4 is 31.2 Å². The average molecular weight is 1390 g/mol. The summed E-state index contributed by atoms with van der Waals surface area (Å²) in [4.78, 5) is 13.0. The Hall–Kier alpha value is -5.55. The second kappa shape index (κ2) is 28.3. The third kappa shape index (κ3) is 14.6.